The quantitative estimate of drug-likeness (QED) is 0.276. The zero-order valence-electron chi connectivity index (χ0n) is 13.2. The lowest BCUT2D eigenvalue weighted by atomic mass is 10.2. The van der Waals surface area contributed by atoms with Gasteiger partial charge in [-0.25, -0.2) is 5.43 Å². The molecular weight excluding hydrogens is 413 g/mol. The van der Waals surface area contributed by atoms with Crippen molar-refractivity contribution in [1.29, 1.82) is 0 Å². The minimum Gasteiger partial charge on any atom is -0.504 e. The maximum atomic E-state index is 11.6. The summed E-state index contributed by atoms with van der Waals surface area (Å²) in [6, 6.07) is 3.19. The third-order valence-electron chi connectivity index (χ3n) is 2.93. The van der Waals surface area contributed by atoms with Gasteiger partial charge in [-0.05, 0) is 60.6 Å². The Hall–Kier alpha value is -1.84. The van der Waals surface area contributed by atoms with Gasteiger partial charge in [-0.3, -0.25) is 9.59 Å². The van der Waals surface area contributed by atoms with Crippen molar-refractivity contribution in [3.8, 4) is 11.5 Å². The maximum Gasteiger partial charge on any atom is 0.329 e. The van der Waals surface area contributed by atoms with Gasteiger partial charge in [0.1, 0.15) is 0 Å². The smallest absolute Gasteiger partial charge is 0.329 e. The standard InChI is InChI=1S/C15H20IN3O4/c1-4-9(3)18-14(21)15(22)19-17-8-10-6-11(16)13(20)12(7-10)23-5-2/h6-9,20H,4-5H2,1-3H3,(H,18,21)(H,19,22)/b17-8-/t9-/m1/s1. The first kappa shape index (κ1) is 19.2. The normalized spacial score (nSPS) is 12.0. The van der Waals surface area contributed by atoms with Crippen LogP contribution in [-0.2, 0) is 9.59 Å². The third-order valence-corrected chi connectivity index (χ3v) is 3.75. The second kappa shape index (κ2) is 9.33. The van der Waals surface area contributed by atoms with Crippen molar-refractivity contribution >= 4 is 40.6 Å². The number of hydrogen-bond donors (Lipinski definition) is 3. The fraction of sp³-hybridized carbons (Fsp3) is 0.400. The number of hydrogen-bond acceptors (Lipinski definition) is 5. The SMILES string of the molecule is CCOc1cc(/C=N\NC(=O)C(=O)N[C@H](C)CC)cc(I)c1O. The molecule has 0 unspecified atom stereocenters. The van der Waals surface area contributed by atoms with Crippen LogP contribution in [0.3, 0.4) is 0 Å². The molecule has 0 saturated carbocycles. The summed E-state index contributed by atoms with van der Waals surface area (Å²) >= 11 is 1.97. The predicted octanol–water partition coefficient (Wildman–Crippen LogP) is 1.76. The van der Waals surface area contributed by atoms with E-state index in [1.54, 1.807) is 12.1 Å². The molecule has 8 heteroatoms. The number of benzene rings is 1. The molecule has 0 aromatic heterocycles. The Morgan fingerprint density at radius 1 is 1.39 bits per heavy atom. The summed E-state index contributed by atoms with van der Waals surface area (Å²) < 4.78 is 5.91. The van der Waals surface area contributed by atoms with Crippen LogP contribution in [0.25, 0.3) is 0 Å². The number of phenolic OH excluding ortho intramolecular Hbond substituents is 1. The lowest BCUT2D eigenvalue weighted by molar-refractivity contribution is -0.139. The summed E-state index contributed by atoms with van der Waals surface area (Å²) in [4.78, 5) is 23.1. The fourth-order valence-electron chi connectivity index (χ4n) is 1.54. The molecule has 0 bridgehead atoms. The summed E-state index contributed by atoms with van der Waals surface area (Å²) in [6.07, 6.45) is 2.10. The zero-order chi connectivity index (χ0) is 17.4. The number of rotatable bonds is 6. The number of nitrogens with one attached hydrogen (secondary N) is 2. The van der Waals surface area contributed by atoms with Gasteiger partial charge in [0.05, 0.1) is 16.4 Å². The molecule has 0 aliphatic rings. The number of halogens is 1. The van der Waals surface area contributed by atoms with Crippen molar-refractivity contribution in [2.45, 2.75) is 33.2 Å². The Morgan fingerprint density at radius 2 is 2.09 bits per heavy atom. The van der Waals surface area contributed by atoms with Crippen molar-refractivity contribution in [1.82, 2.24) is 10.7 Å². The van der Waals surface area contributed by atoms with Crippen LogP contribution >= 0.6 is 22.6 Å². The van der Waals surface area contributed by atoms with Gasteiger partial charge in [0, 0.05) is 6.04 Å². The molecule has 2 amide bonds. The lowest BCUT2D eigenvalue weighted by Crippen LogP contribution is -2.41. The van der Waals surface area contributed by atoms with Gasteiger partial charge in [-0.2, -0.15) is 5.10 Å². The maximum absolute atomic E-state index is 11.6. The van der Waals surface area contributed by atoms with Crippen molar-refractivity contribution in [3.05, 3.63) is 21.3 Å². The van der Waals surface area contributed by atoms with Crippen molar-refractivity contribution < 1.29 is 19.4 Å². The number of hydrazone groups is 1. The second-order valence-electron chi connectivity index (χ2n) is 4.76. The highest BCUT2D eigenvalue weighted by Crippen LogP contribution is 2.32. The number of nitrogens with zero attached hydrogens (tertiary/aromatic N) is 1. The molecule has 0 fully saturated rings. The summed E-state index contributed by atoms with van der Waals surface area (Å²) in [7, 11) is 0. The average molecular weight is 433 g/mol. The summed E-state index contributed by atoms with van der Waals surface area (Å²) in [5.41, 5.74) is 2.78. The molecule has 7 nitrogen and oxygen atoms in total. The number of phenols is 1. The van der Waals surface area contributed by atoms with Crippen LogP contribution in [0, 0.1) is 3.57 Å². The fourth-order valence-corrected chi connectivity index (χ4v) is 2.17. The van der Waals surface area contributed by atoms with Crippen LogP contribution in [0.15, 0.2) is 17.2 Å². The molecule has 0 heterocycles. The van der Waals surface area contributed by atoms with Crippen LogP contribution in [0.1, 0.15) is 32.8 Å². The number of carbonyl (C=O) groups excluding carboxylic acids is 2. The Bertz CT molecular complexity index is 605. The van der Waals surface area contributed by atoms with Gasteiger partial charge in [0.2, 0.25) is 0 Å². The van der Waals surface area contributed by atoms with E-state index in [0.717, 1.165) is 6.42 Å². The van der Waals surface area contributed by atoms with Crippen LogP contribution in [0.2, 0.25) is 0 Å². The lowest BCUT2D eigenvalue weighted by Gasteiger charge is -2.10. The van der Waals surface area contributed by atoms with Crippen LogP contribution in [0.4, 0.5) is 0 Å². The van der Waals surface area contributed by atoms with Crippen molar-refractivity contribution in [3.63, 3.8) is 0 Å². The summed E-state index contributed by atoms with van der Waals surface area (Å²) in [6.45, 7) is 5.94. The molecule has 0 aliphatic carbocycles. The Balaban J connectivity index is 2.71. The number of aromatic hydroxyl groups is 1. The highest BCUT2D eigenvalue weighted by atomic mass is 127. The minimum atomic E-state index is -0.833. The van der Waals surface area contributed by atoms with E-state index >= 15 is 0 Å². The topological polar surface area (TPSA) is 100 Å². The van der Waals surface area contributed by atoms with E-state index in [2.05, 4.69) is 15.8 Å². The first-order valence-electron chi connectivity index (χ1n) is 7.18. The number of amides is 2. The van der Waals surface area contributed by atoms with Crippen LogP contribution < -0.4 is 15.5 Å². The van der Waals surface area contributed by atoms with Crippen LogP contribution in [-0.4, -0.2) is 35.8 Å². The van der Waals surface area contributed by atoms with E-state index in [4.69, 9.17) is 4.74 Å². The highest BCUT2D eigenvalue weighted by Gasteiger charge is 2.14. The molecule has 1 rings (SSSR count). The van der Waals surface area contributed by atoms with E-state index in [1.165, 1.54) is 6.21 Å². The van der Waals surface area contributed by atoms with E-state index in [1.807, 2.05) is 43.4 Å². The van der Waals surface area contributed by atoms with E-state index in [-0.39, 0.29) is 11.8 Å². The van der Waals surface area contributed by atoms with Gasteiger partial charge < -0.3 is 15.2 Å². The first-order chi connectivity index (χ1) is 10.9. The molecule has 0 aliphatic heterocycles. The molecule has 126 valence electrons. The largest absolute Gasteiger partial charge is 0.504 e. The third kappa shape index (κ3) is 6.05. The van der Waals surface area contributed by atoms with Crippen molar-refractivity contribution in [2.75, 3.05) is 6.61 Å². The molecule has 23 heavy (non-hydrogen) atoms. The van der Waals surface area contributed by atoms with Crippen LogP contribution in [0.5, 0.6) is 11.5 Å². The molecule has 0 radical (unpaired) electrons. The second-order valence-corrected chi connectivity index (χ2v) is 5.93. The van der Waals surface area contributed by atoms with E-state index in [9.17, 15) is 14.7 Å². The van der Waals surface area contributed by atoms with E-state index in [0.29, 0.717) is 21.5 Å². The average Bonchev–Trinajstić information content (AvgIpc) is 2.51. The van der Waals surface area contributed by atoms with E-state index < -0.39 is 11.8 Å². The van der Waals surface area contributed by atoms with Gasteiger partial charge in [-0.1, -0.05) is 6.92 Å². The monoisotopic (exact) mass is 433 g/mol. The molecular formula is C15H20IN3O4. The van der Waals surface area contributed by atoms with Gasteiger partial charge in [-0.15, -0.1) is 0 Å². The van der Waals surface area contributed by atoms with Crippen molar-refractivity contribution in [2.24, 2.45) is 5.10 Å². The van der Waals surface area contributed by atoms with Gasteiger partial charge >= 0.3 is 11.8 Å². The minimum absolute atomic E-state index is 0.0570. The molecule has 1 atom stereocenters. The Kier molecular flexibility index (Phi) is 7.79. The Morgan fingerprint density at radius 3 is 2.70 bits per heavy atom. The van der Waals surface area contributed by atoms with Gasteiger partial charge in [0.25, 0.3) is 0 Å². The zero-order valence-corrected chi connectivity index (χ0v) is 15.4. The first-order valence-corrected chi connectivity index (χ1v) is 8.26. The number of ether oxygens (including phenoxy) is 1. The highest BCUT2D eigenvalue weighted by molar-refractivity contribution is 14.1. The number of carbonyl (C=O) groups is 2. The predicted molar refractivity (Wildman–Crippen MR) is 95.6 cm³/mol. The summed E-state index contributed by atoms with van der Waals surface area (Å²) in [5, 5.41) is 16.1. The molecule has 0 spiro atoms. The molecule has 3 N–H and O–H groups in total. The summed E-state index contributed by atoms with van der Waals surface area (Å²) in [5.74, 6) is -1.17. The molecule has 0 saturated heterocycles. The Labute approximate surface area is 148 Å². The molecule has 1 aromatic carbocycles. The van der Waals surface area contributed by atoms with Gasteiger partial charge in [0.15, 0.2) is 11.5 Å². The molecule has 1 aromatic rings.